The van der Waals surface area contributed by atoms with Crippen LogP contribution in [-0.2, 0) is 11.4 Å². The van der Waals surface area contributed by atoms with Crippen LogP contribution in [0, 0.1) is 0 Å². The fourth-order valence-electron chi connectivity index (χ4n) is 1.59. The zero-order chi connectivity index (χ0) is 15.1. The van der Waals surface area contributed by atoms with E-state index in [1.54, 1.807) is 6.07 Å². The van der Waals surface area contributed by atoms with Crippen molar-refractivity contribution in [1.82, 2.24) is 0 Å². The quantitative estimate of drug-likeness (QED) is 0.613. The molecule has 0 aromatic heterocycles. The Morgan fingerprint density at radius 3 is 2.33 bits per heavy atom. The highest BCUT2D eigenvalue weighted by Crippen LogP contribution is 2.26. The molecule has 2 rings (SSSR count). The summed E-state index contributed by atoms with van der Waals surface area (Å²) in [5.74, 6) is -0.292. The predicted molar refractivity (Wildman–Crippen MR) is 72.0 cm³/mol. The standard InChI is InChI=1S/C15H12F3NO2/c16-15(17,18)21-14-9-5-4-8-13(14)11-20-19-10-12-6-2-1-3-7-12/h1-10H,11H2. The van der Waals surface area contributed by atoms with E-state index in [0.717, 1.165) is 5.56 Å². The first-order valence-corrected chi connectivity index (χ1v) is 6.08. The maximum Gasteiger partial charge on any atom is 0.573 e. The van der Waals surface area contributed by atoms with E-state index in [2.05, 4.69) is 9.89 Å². The molecule has 21 heavy (non-hydrogen) atoms. The lowest BCUT2D eigenvalue weighted by atomic mass is 10.2. The van der Waals surface area contributed by atoms with Crippen molar-refractivity contribution >= 4 is 6.21 Å². The Morgan fingerprint density at radius 1 is 0.952 bits per heavy atom. The van der Waals surface area contributed by atoms with Crippen molar-refractivity contribution in [2.45, 2.75) is 13.0 Å². The number of benzene rings is 2. The second-order valence-electron chi connectivity index (χ2n) is 4.07. The van der Waals surface area contributed by atoms with Crippen LogP contribution < -0.4 is 4.74 Å². The molecule has 3 nitrogen and oxygen atoms in total. The molecule has 0 aliphatic carbocycles. The number of para-hydroxylation sites is 1. The smallest absolute Gasteiger partial charge is 0.405 e. The zero-order valence-electron chi connectivity index (χ0n) is 10.9. The minimum atomic E-state index is -4.73. The van der Waals surface area contributed by atoms with Crippen molar-refractivity contribution in [2.75, 3.05) is 0 Å². The lowest BCUT2D eigenvalue weighted by Gasteiger charge is -2.12. The molecule has 0 unspecified atom stereocenters. The number of hydrogen-bond donors (Lipinski definition) is 0. The molecule has 0 amide bonds. The number of alkyl halides is 3. The third-order valence-electron chi connectivity index (χ3n) is 2.49. The van der Waals surface area contributed by atoms with E-state index in [0.29, 0.717) is 0 Å². The molecule has 0 bridgehead atoms. The van der Waals surface area contributed by atoms with Gasteiger partial charge in [-0.25, -0.2) is 0 Å². The summed E-state index contributed by atoms with van der Waals surface area (Å²) in [6, 6.07) is 15.0. The maximum atomic E-state index is 12.2. The van der Waals surface area contributed by atoms with Gasteiger partial charge < -0.3 is 9.57 Å². The molecule has 110 valence electrons. The largest absolute Gasteiger partial charge is 0.573 e. The molecule has 0 aliphatic rings. The summed E-state index contributed by atoms with van der Waals surface area (Å²) in [4.78, 5) is 5.00. The van der Waals surface area contributed by atoms with Crippen molar-refractivity contribution in [3.8, 4) is 5.75 Å². The number of ether oxygens (including phenoxy) is 1. The van der Waals surface area contributed by atoms with Crippen LogP contribution in [0.5, 0.6) is 5.75 Å². The Bertz CT molecular complexity index is 597. The van der Waals surface area contributed by atoms with Gasteiger partial charge in [0, 0.05) is 5.56 Å². The van der Waals surface area contributed by atoms with Gasteiger partial charge in [0.1, 0.15) is 12.4 Å². The zero-order valence-corrected chi connectivity index (χ0v) is 10.9. The lowest BCUT2D eigenvalue weighted by molar-refractivity contribution is -0.275. The second kappa shape index (κ2) is 6.78. The van der Waals surface area contributed by atoms with Crippen molar-refractivity contribution in [3.63, 3.8) is 0 Å². The van der Waals surface area contributed by atoms with Crippen LogP contribution in [0.25, 0.3) is 0 Å². The van der Waals surface area contributed by atoms with Crippen LogP contribution in [0.15, 0.2) is 59.8 Å². The minimum absolute atomic E-state index is 0.115. The van der Waals surface area contributed by atoms with Crippen LogP contribution in [-0.4, -0.2) is 12.6 Å². The summed E-state index contributed by atoms with van der Waals surface area (Å²) in [6.45, 7) is -0.115. The van der Waals surface area contributed by atoms with E-state index >= 15 is 0 Å². The molecule has 6 heteroatoms. The SMILES string of the molecule is FC(F)(F)Oc1ccccc1CON=Cc1ccccc1. The summed E-state index contributed by atoms with van der Waals surface area (Å²) < 4.78 is 40.6. The van der Waals surface area contributed by atoms with Gasteiger partial charge in [-0.15, -0.1) is 13.2 Å². The monoisotopic (exact) mass is 295 g/mol. The molecular weight excluding hydrogens is 283 g/mol. The third kappa shape index (κ3) is 5.18. The summed E-state index contributed by atoms with van der Waals surface area (Å²) in [5.41, 5.74) is 1.09. The van der Waals surface area contributed by atoms with Crippen LogP contribution in [0.4, 0.5) is 13.2 Å². The van der Waals surface area contributed by atoms with E-state index in [1.165, 1.54) is 24.4 Å². The number of nitrogens with zero attached hydrogens (tertiary/aromatic N) is 1. The Labute approximate surface area is 119 Å². The van der Waals surface area contributed by atoms with E-state index in [9.17, 15) is 13.2 Å². The predicted octanol–water partition coefficient (Wildman–Crippen LogP) is 4.14. The molecule has 0 spiro atoms. The first kappa shape index (κ1) is 14.9. The van der Waals surface area contributed by atoms with Crippen molar-refractivity contribution < 1.29 is 22.7 Å². The van der Waals surface area contributed by atoms with Gasteiger partial charge in [-0.05, 0) is 11.6 Å². The minimum Gasteiger partial charge on any atom is -0.405 e. The Hall–Kier alpha value is -2.50. The molecule has 0 heterocycles. The van der Waals surface area contributed by atoms with Gasteiger partial charge in [-0.1, -0.05) is 53.7 Å². The fraction of sp³-hybridized carbons (Fsp3) is 0.133. The molecule has 0 radical (unpaired) electrons. The normalized spacial score (nSPS) is 11.6. The van der Waals surface area contributed by atoms with E-state index in [4.69, 9.17) is 4.84 Å². The third-order valence-corrected chi connectivity index (χ3v) is 2.49. The number of hydrogen-bond acceptors (Lipinski definition) is 3. The Balaban J connectivity index is 1.96. The number of oxime groups is 1. The van der Waals surface area contributed by atoms with Crippen LogP contribution in [0.2, 0.25) is 0 Å². The van der Waals surface area contributed by atoms with Crippen molar-refractivity contribution in [3.05, 3.63) is 65.7 Å². The molecule has 0 N–H and O–H groups in total. The Morgan fingerprint density at radius 2 is 1.62 bits per heavy atom. The van der Waals surface area contributed by atoms with E-state index < -0.39 is 6.36 Å². The number of rotatable bonds is 5. The van der Waals surface area contributed by atoms with Crippen LogP contribution in [0.3, 0.4) is 0 Å². The summed E-state index contributed by atoms with van der Waals surface area (Å²) in [6.07, 6.45) is -3.25. The van der Waals surface area contributed by atoms with Gasteiger partial charge >= 0.3 is 6.36 Å². The van der Waals surface area contributed by atoms with Crippen LogP contribution >= 0.6 is 0 Å². The van der Waals surface area contributed by atoms with Gasteiger partial charge in [0.2, 0.25) is 0 Å². The highest BCUT2D eigenvalue weighted by atomic mass is 19.4. The van der Waals surface area contributed by atoms with Gasteiger partial charge in [0.15, 0.2) is 0 Å². The number of halogens is 3. The average Bonchev–Trinajstić information content (AvgIpc) is 2.45. The van der Waals surface area contributed by atoms with E-state index in [1.807, 2.05) is 30.3 Å². The molecule has 0 saturated carbocycles. The van der Waals surface area contributed by atoms with E-state index in [-0.39, 0.29) is 17.9 Å². The van der Waals surface area contributed by atoms with Crippen molar-refractivity contribution in [2.24, 2.45) is 5.16 Å². The summed E-state index contributed by atoms with van der Waals surface area (Å²) in [7, 11) is 0. The molecule has 0 aliphatic heterocycles. The molecular formula is C15H12F3NO2. The molecule has 2 aromatic carbocycles. The highest BCUT2D eigenvalue weighted by molar-refractivity contribution is 5.78. The molecule has 2 aromatic rings. The first-order valence-electron chi connectivity index (χ1n) is 6.08. The van der Waals surface area contributed by atoms with Crippen molar-refractivity contribution in [1.29, 1.82) is 0 Å². The van der Waals surface area contributed by atoms with Gasteiger partial charge in [0.05, 0.1) is 6.21 Å². The average molecular weight is 295 g/mol. The first-order chi connectivity index (χ1) is 10.0. The molecule has 0 fully saturated rings. The lowest BCUT2D eigenvalue weighted by Crippen LogP contribution is -2.18. The molecule has 0 saturated heterocycles. The molecule has 0 atom stereocenters. The van der Waals surface area contributed by atoms with Gasteiger partial charge in [-0.3, -0.25) is 0 Å². The topological polar surface area (TPSA) is 30.8 Å². The second-order valence-corrected chi connectivity index (χ2v) is 4.07. The fourth-order valence-corrected chi connectivity index (χ4v) is 1.59. The van der Waals surface area contributed by atoms with Crippen LogP contribution in [0.1, 0.15) is 11.1 Å². The summed E-state index contributed by atoms with van der Waals surface area (Å²) in [5, 5.41) is 3.71. The van der Waals surface area contributed by atoms with Gasteiger partial charge in [0.25, 0.3) is 0 Å². The summed E-state index contributed by atoms with van der Waals surface area (Å²) >= 11 is 0. The Kier molecular flexibility index (Phi) is 4.81. The highest BCUT2D eigenvalue weighted by Gasteiger charge is 2.31. The van der Waals surface area contributed by atoms with Gasteiger partial charge in [-0.2, -0.15) is 0 Å². The maximum absolute atomic E-state index is 12.2.